The Labute approximate surface area is 196 Å². The molecule has 0 bridgehead atoms. The molecular weight excluding hydrogens is 428 g/mol. The van der Waals surface area contributed by atoms with E-state index >= 15 is 0 Å². The number of nitrogens with two attached hydrogens (primary N) is 2. The Hall–Kier alpha value is -4.58. The SMILES string of the molecule is Cc1ccc(Oc2c(N)c3c(c(N)c2Oc2ccc(C)cc2)C(=O)c2ccccc2C3=O)cc1. The highest BCUT2D eigenvalue weighted by Crippen LogP contribution is 2.50. The minimum Gasteiger partial charge on any atom is -0.451 e. The molecule has 6 nitrogen and oxygen atoms in total. The zero-order valence-corrected chi connectivity index (χ0v) is 18.7. The van der Waals surface area contributed by atoms with Crippen molar-refractivity contribution in [2.24, 2.45) is 0 Å². The molecule has 0 heterocycles. The zero-order valence-electron chi connectivity index (χ0n) is 18.7. The van der Waals surface area contributed by atoms with E-state index in [-0.39, 0.29) is 56.7 Å². The van der Waals surface area contributed by atoms with Crippen LogP contribution in [0.4, 0.5) is 11.4 Å². The summed E-state index contributed by atoms with van der Waals surface area (Å²) in [6.07, 6.45) is 0. The van der Waals surface area contributed by atoms with Crippen LogP contribution >= 0.6 is 0 Å². The van der Waals surface area contributed by atoms with E-state index < -0.39 is 0 Å². The fourth-order valence-electron chi connectivity index (χ4n) is 4.01. The Balaban J connectivity index is 1.74. The molecule has 34 heavy (non-hydrogen) atoms. The lowest BCUT2D eigenvalue weighted by atomic mass is 9.82. The molecule has 4 aromatic rings. The zero-order chi connectivity index (χ0) is 24.0. The van der Waals surface area contributed by atoms with Crippen molar-refractivity contribution in [3.8, 4) is 23.0 Å². The summed E-state index contributed by atoms with van der Waals surface area (Å²) >= 11 is 0. The van der Waals surface area contributed by atoms with Gasteiger partial charge in [0.05, 0.1) is 22.5 Å². The quantitative estimate of drug-likeness (QED) is 0.334. The second-order valence-electron chi connectivity index (χ2n) is 8.27. The predicted octanol–water partition coefficient (Wildman–Crippen LogP) is 5.83. The van der Waals surface area contributed by atoms with Crippen molar-refractivity contribution in [1.29, 1.82) is 0 Å². The number of ether oxygens (including phenoxy) is 2. The van der Waals surface area contributed by atoms with Gasteiger partial charge in [0.25, 0.3) is 0 Å². The monoisotopic (exact) mass is 450 g/mol. The van der Waals surface area contributed by atoms with Crippen LogP contribution in [0.2, 0.25) is 0 Å². The van der Waals surface area contributed by atoms with Crippen LogP contribution in [0.1, 0.15) is 43.0 Å². The number of anilines is 2. The smallest absolute Gasteiger partial charge is 0.196 e. The average molecular weight is 450 g/mol. The van der Waals surface area contributed by atoms with Crippen LogP contribution in [0.5, 0.6) is 23.0 Å². The van der Waals surface area contributed by atoms with E-state index in [4.69, 9.17) is 20.9 Å². The number of carbonyl (C=O) groups is 2. The van der Waals surface area contributed by atoms with Crippen molar-refractivity contribution in [2.75, 3.05) is 11.5 Å². The lowest BCUT2D eigenvalue weighted by Crippen LogP contribution is -2.24. The van der Waals surface area contributed by atoms with Gasteiger partial charge in [-0.3, -0.25) is 9.59 Å². The van der Waals surface area contributed by atoms with Gasteiger partial charge in [0.1, 0.15) is 11.5 Å². The molecule has 0 unspecified atom stereocenters. The van der Waals surface area contributed by atoms with Gasteiger partial charge in [-0.1, -0.05) is 59.7 Å². The summed E-state index contributed by atoms with van der Waals surface area (Å²) < 4.78 is 12.2. The molecule has 0 radical (unpaired) electrons. The van der Waals surface area contributed by atoms with E-state index in [0.717, 1.165) is 11.1 Å². The molecular formula is C28H22N2O4. The Morgan fingerprint density at radius 3 is 1.26 bits per heavy atom. The highest BCUT2D eigenvalue weighted by atomic mass is 16.5. The minimum atomic E-state index is -0.384. The third-order valence-electron chi connectivity index (χ3n) is 5.84. The van der Waals surface area contributed by atoms with Crippen LogP contribution in [0.15, 0.2) is 72.8 Å². The number of ketones is 2. The molecule has 0 saturated heterocycles. The van der Waals surface area contributed by atoms with Crippen LogP contribution in [-0.4, -0.2) is 11.6 Å². The van der Waals surface area contributed by atoms with Crippen LogP contribution < -0.4 is 20.9 Å². The van der Waals surface area contributed by atoms with Gasteiger partial charge >= 0.3 is 0 Å². The molecule has 0 aromatic heterocycles. The minimum absolute atomic E-state index is 0.000241. The number of fused-ring (bicyclic) bond motifs is 2. The molecule has 1 aliphatic rings. The maximum absolute atomic E-state index is 13.4. The number of benzene rings is 4. The standard InChI is InChI=1S/C28H22N2O4/c1-15-7-11-17(12-8-15)33-27-23(29)21-22(26(32)20-6-4-3-5-19(20)25(21)31)24(30)28(27)34-18-13-9-16(2)10-14-18/h3-14H,29-30H2,1-2H3. The third-order valence-corrected chi connectivity index (χ3v) is 5.84. The molecule has 0 saturated carbocycles. The molecule has 0 aliphatic heterocycles. The van der Waals surface area contributed by atoms with Gasteiger partial charge in [0.2, 0.25) is 0 Å². The van der Waals surface area contributed by atoms with Crippen molar-refractivity contribution in [1.82, 2.24) is 0 Å². The summed E-state index contributed by atoms with van der Waals surface area (Å²) in [6, 6.07) is 21.3. The van der Waals surface area contributed by atoms with Crippen LogP contribution in [-0.2, 0) is 0 Å². The highest BCUT2D eigenvalue weighted by molar-refractivity contribution is 6.32. The van der Waals surface area contributed by atoms with Crippen molar-refractivity contribution in [2.45, 2.75) is 13.8 Å². The molecule has 4 N–H and O–H groups in total. The number of carbonyl (C=O) groups excluding carboxylic acids is 2. The molecule has 1 aliphatic carbocycles. The largest absolute Gasteiger partial charge is 0.451 e. The third kappa shape index (κ3) is 3.46. The molecule has 6 heteroatoms. The summed E-state index contributed by atoms with van der Waals surface area (Å²) in [5, 5.41) is 0. The number of rotatable bonds is 4. The first kappa shape index (κ1) is 21.3. The van der Waals surface area contributed by atoms with Crippen LogP contribution in [0.25, 0.3) is 0 Å². The first-order valence-electron chi connectivity index (χ1n) is 10.8. The topological polar surface area (TPSA) is 105 Å². The normalized spacial score (nSPS) is 12.2. The van der Waals surface area contributed by atoms with Crippen molar-refractivity contribution in [3.05, 3.63) is 106 Å². The highest BCUT2D eigenvalue weighted by Gasteiger charge is 2.37. The van der Waals surface area contributed by atoms with Crippen molar-refractivity contribution >= 4 is 22.9 Å². The Bertz CT molecular complexity index is 1340. The molecule has 0 spiro atoms. The summed E-state index contributed by atoms with van der Waals surface area (Å²) in [7, 11) is 0. The second-order valence-corrected chi connectivity index (χ2v) is 8.27. The lowest BCUT2D eigenvalue weighted by molar-refractivity contribution is 0.0980. The van der Waals surface area contributed by atoms with E-state index in [1.165, 1.54) is 0 Å². The molecule has 5 rings (SSSR count). The summed E-state index contributed by atoms with van der Waals surface area (Å²) in [6.45, 7) is 3.92. The van der Waals surface area contributed by atoms with Crippen LogP contribution in [0, 0.1) is 13.8 Å². The average Bonchev–Trinajstić information content (AvgIpc) is 2.84. The molecule has 168 valence electrons. The van der Waals surface area contributed by atoms with E-state index in [2.05, 4.69) is 0 Å². The van der Waals surface area contributed by atoms with Gasteiger partial charge in [0.15, 0.2) is 23.1 Å². The number of hydrogen-bond donors (Lipinski definition) is 2. The summed E-state index contributed by atoms with van der Waals surface area (Å²) in [4.78, 5) is 26.8. The van der Waals surface area contributed by atoms with E-state index in [1.54, 1.807) is 48.5 Å². The van der Waals surface area contributed by atoms with E-state index in [9.17, 15) is 9.59 Å². The van der Waals surface area contributed by atoms with E-state index in [0.29, 0.717) is 11.5 Å². The van der Waals surface area contributed by atoms with Gasteiger partial charge in [-0.05, 0) is 38.1 Å². The molecule has 4 aromatic carbocycles. The van der Waals surface area contributed by atoms with Crippen molar-refractivity contribution < 1.29 is 19.1 Å². The first-order valence-corrected chi connectivity index (χ1v) is 10.8. The van der Waals surface area contributed by atoms with E-state index in [1.807, 2.05) is 38.1 Å². The van der Waals surface area contributed by atoms with Crippen LogP contribution in [0.3, 0.4) is 0 Å². The fourth-order valence-corrected chi connectivity index (χ4v) is 4.01. The fraction of sp³-hybridized carbons (Fsp3) is 0.0714. The van der Waals surface area contributed by atoms with Gasteiger partial charge in [-0.15, -0.1) is 0 Å². The molecule has 0 amide bonds. The lowest BCUT2D eigenvalue weighted by Gasteiger charge is -2.25. The predicted molar refractivity (Wildman–Crippen MR) is 131 cm³/mol. The number of aryl methyl sites for hydroxylation is 2. The molecule has 0 fully saturated rings. The van der Waals surface area contributed by atoms with Crippen molar-refractivity contribution in [3.63, 3.8) is 0 Å². The Morgan fingerprint density at radius 2 is 0.912 bits per heavy atom. The van der Waals surface area contributed by atoms with Gasteiger partial charge in [0, 0.05) is 11.1 Å². The van der Waals surface area contributed by atoms with Gasteiger partial charge in [-0.2, -0.15) is 0 Å². The summed E-state index contributed by atoms with van der Waals surface area (Å²) in [5.41, 5.74) is 15.7. The number of hydrogen-bond acceptors (Lipinski definition) is 6. The maximum atomic E-state index is 13.4. The summed E-state index contributed by atoms with van der Waals surface area (Å²) in [5.74, 6) is 0.373. The number of nitrogen functional groups attached to an aromatic ring is 2. The molecule has 0 atom stereocenters. The maximum Gasteiger partial charge on any atom is 0.196 e. The Kier molecular flexibility index (Phi) is 5.06. The Morgan fingerprint density at radius 1 is 0.559 bits per heavy atom. The first-order chi connectivity index (χ1) is 16.3. The second kappa shape index (κ2) is 8.08. The van der Waals surface area contributed by atoms with Gasteiger partial charge < -0.3 is 20.9 Å². The van der Waals surface area contributed by atoms with Gasteiger partial charge in [-0.25, -0.2) is 0 Å².